The Labute approximate surface area is 127 Å². The molecule has 5 nitrogen and oxygen atoms in total. The molecule has 1 aromatic rings. The Bertz CT molecular complexity index is 469. The van der Waals surface area contributed by atoms with E-state index in [0.29, 0.717) is 19.2 Å². The second-order valence-corrected chi connectivity index (χ2v) is 6.19. The minimum absolute atomic E-state index is 0.0862. The van der Waals surface area contributed by atoms with E-state index in [0.717, 1.165) is 6.61 Å². The van der Waals surface area contributed by atoms with Crippen LogP contribution in [0.25, 0.3) is 0 Å². The molecule has 2 heterocycles. The van der Waals surface area contributed by atoms with E-state index in [-0.39, 0.29) is 18.2 Å². The van der Waals surface area contributed by atoms with Crippen molar-refractivity contribution in [3.8, 4) is 0 Å². The van der Waals surface area contributed by atoms with Crippen molar-refractivity contribution in [3.63, 3.8) is 0 Å². The molecule has 2 N–H and O–H groups in total. The molecule has 118 valence electrons. The van der Waals surface area contributed by atoms with Gasteiger partial charge < -0.3 is 15.2 Å². The molecule has 0 aliphatic carbocycles. The van der Waals surface area contributed by atoms with Crippen LogP contribution in [0.1, 0.15) is 31.0 Å². The summed E-state index contributed by atoms with van der Waals surface area (Å²) in [6.45, 7) is 8.38. The van der Waals surface area contributed by atoms with Crippen molar-refractivity contribution in [1.29, 1.82) is 0 Å². The highest BCUT2D eigenvalue weighted by Crippen LogP contribution is 2.23. The number of hydrogen-bond acceptors (Lipinski definition) is 5. The van der Waals surface area contributed by atoms with Gasteiger partial charge >= 0.3 is 0 Å². The summed E-state index contributed by atoms with van der Waals surface area (Å²) in [5, 5.41) is 13.4. The number of hydrogen-bond donors (Lipinski definition) is 2. The number of aromatic nitrogens is 1. The number of aryl methyl sites for hydroxylation is 1. The monoisotopic (exact) mass is 293 g/mol. The highest BCUT2D eigenvalue weighted by Gasteiger charge is 2.40. The van der Waals surface area contributed by atoms with E-state index < -0.39 is 0 Å². The smallest absolute Gasteiger partial charge is 0.0802 e. The molecule has 1 unspecified atom stereocenters. The van der Waals surface area contributed by atoms with Crippen LogP contribution in [0.5, 0.6) is 0 Å². The zero-order valence-electron chi connectivity index (χ0n) is 13.5. The lowest BCUT2D eigenvalue weighted by molar-refractivity contribution is -0.106. The Morgan fingerprint density at radius 1 is 1.62 bits per heavy atom. The first-order chi connectivity index (χ1) is 10.00. The van der Waals surface area contributed by atoms with Crippen LogP contribution in [-0.2, 0) is 4.74 Å². The first-order valence-electron chi connectivity index (χ1n) is 7.55. The number of morpholine rings is 1. The highest BCUT2D eigenvalue weighted by molar-refractivity contribution is 5.24. The molecule has 5 heteroatoms. The summed E-state index contributed by atoms with van der Waals surface area (Å²) in [5.74, 6) is 0. The lowest BCUT2D eigenvalue weighted by Crippen LogP contribution is -2.65. The van der Waals surface area contributed by atoms with Crippen LogP contribution in [0.3, 0.4) is 0 Å². The Kier molecular flexibility index (Phi) is 5.32. The van der Waals surface area contributed by atoms with Gasteiger partial charge in [0.05, 0.1) is 25.4 Å². The van der Waals surface area contributed by atoms with Crippen LogP contribution >= 0.6 is 0 Å². The van der Waals surface area contributed by atoms with Crippen LogP contribution in [0, 0.1) is 6.92 Å². The predicted molar refractivity (Wildman–Crippen MR) is 83.3 cm³/mol. The molecule has 1 aromatic heterocycles. The molecule has 0 amide bonds. The normalized spacial score (nSPS) is 28.5. The third kappa shape index (κ3) is 3.43. The number of rotatable bonds is 5. The van der Waals surface area contributed by atoms with Crippen LogP contribution in [0.15, 0.2) is 18.5 Å². The summed E-state index contributed by atoms with van der Waals surface area (Å²) in [6, 6.07) is 2.57. The van der Waals surface area contributed by atoms with Gasteiger partial charge in [-0.3, -0.25) is 9.88 Å². The predicted octanol–water partition coefficient (Wildman–Crippen LogP) is 1.12. The maximum atomic E-state index is 9.90. The average Bonchev–Trinajstić information content (AvgIpc) is 2.49. The van der Waals surface area contributed by atoms with Crippen molar-refractivity contribution < 1.29 is 9.84 Å². The van der Waals surface area contributed by atoms with Crippen molar-refractivity contribution >= 4 is 0 Å². The van der Waals surface area contributed by atoms with E-state index in [1.165, 1.54) is 11.1 Å². The molecule has 0 bridgehead atoms. The Balaban J connectivity index is 2.05. The summed E-state index contributed by atoms with van der Waals surface area (Å²) in [5.41, 5.74) is 2.06. The van der Waals surface area contributed by atoms with Gasteiger partial charge in [0.1, 0.15) is 0 Å². The van der Waals surface area contributed by atoms with E-state index in [1.807, 2.05) is 18.5 Å². The summed E-state index contributed by atoms with van der Waals surface area (Å²) in [7, 11) is 2.06. The van der Waals surface area contributed by atoms with Gasteiger partial charge in [-0.25, -0.2) is 0 Å². The second-order valence-electron chi connectivity index (χ2n) is 6.19. The summed E-state index contributed by atoms with van der Waals surface area (Å²) >= 11 is 0. The van der Waals surface area contributed by atoms with Crippen LogP contribution in [-0.4, -0.2) is 60.0 Å². The van der Waals surface area contributed by atoms with Gasteiger partial charge in [-0.2, -0.15) is 0 Å². The lowest BCUT2D eigenvalue weighted by atomic mass is 9.95. The molecule has 21 heavy (non-hydrogen) atoms. The SMILES string of the molecule is Cc1cnccc1C(C)NC[C@]1(CO)COC[C@@H](C)N1C. The van der Waals surface area contributed by atoms with Gasteiger partial charge in [0.15, 0.2) is 0 Å². The maximum Gasteiger partial charge on any atom is 0.0802 e. The van der Waals surface area contributed by atoms with E-state index >= 15 is 0 Å². The molecule has 0 saturated carbocycles. The Morgan fingerprint density at radius 2 is 2.38 bits per heavy atom. The number of pyridine rings is 1. The van der Waals surface area contributed by atoms with Crippen molar-refractivity contribution in [2.45, 2.75) is 38.4 Å². The largest absolute Gasteiger partial charge is 0.394 e. The van der Waals surface area contributed by atoms with E-state index in [1.54, 1.807) is 0 Å². The highest BCUT2D eigenvalue weighted by atomic mass is 16.5. The lowest BCUT2D eigenvalue weighted by Gasteiger charge is -2.47. The number of ether oxygens (including phenoxy) is 1. The molecule has 2 rings (SSSR count). The molecule has 0 radical (unpaired) electrons. The third-order valence-corrected chi connectivity index (χ3v) is 4.70. The molecule has 0 aromatic carbocycles. The van der Waals surface area contributed by atoms with Crippen LogP contribution in [0.2, 0.25) is 0 Å². The molecule has 3 atom stereocenters. The number of nitrogens with one attached hydrogen (secondary N) is 1. The van der Waals surface area contributed by atoms with E-state index in [9.17, 15) is 5.11 Å². The summed E-state index contributed by atoms with van der Waals surface area (Å²) < 4.78 is 5.67. The van der Waals surface area contributed by atoms with Crippen molar-refractivity contribution in [3.05, 3.63) is 29.6 Å². The van der Waals surface area contributed by atoms with Gasteiger partial charge in [0.25, 0.3) is 0 Å². The Morgan fingerprint density at radius 3 is 3.05 bits per heavy atom. The van der Waals surface area contributed by atoms with Crippen LogP contribution < -0.4 is 5.32 Å². The zero-order chi connectivity index (χ0) is 15.5. The summed E-state index contributed by atoms with van der Waals surface area (Å²) in [6.07, 6.45) is 3.70. The molecule has 1 aliphatic rings. The van der Waals surface area contributed by atoms with Crippen molar-refractivity contribution in [2.24, 2.45) is 0 Å². The fraction of sp³-hybridized carbons (Fsp3) is 0.688. The van der Waals surface area contributed by atoms with Crippen LogP contribution in [0.4, 0.5) is 0 Å². The van der Waals surface area contributed by atoms with Gasteiger partial charge in [-0.05, 0) is 45.0 Å². The van der Waals surface area contributed by atoms with Gasteiger partial charge in [-0.1, -0.05) is 0 Å². The standard InChI is InChI=1S/C16H27N3O2/c1-12-7-17-6-5-15(12)14(3)18-9-16(10-20)11-21-8-13(2)19(16)4/h5-7,13-14,18,20H,8-11H2,1-4H3/t13-,14?,16+/m1/s1. The van der Waals surface area contributed by atoms with Crippen molar-refractivity contribution in [2.75, 3.05) is 33.4 Å². The zero-order valence-corrected chi connectivity index (χ0v) is 13.5. The van der Waals surface area contributed by atoms with Crippen molar-refractivity contribution in [1.82, 2.24) is 15.2 Å². The minimum atomic E-state index is -0.354. The Hall–Kier alpha value is -1.01. The second kappa shape index (κ2) is 6.83. The number of aliphatic hydroxyl groups is 1. The fourth-order valence-electron chi connectivity index (χ4n) is 2.91. The quantitative estimate of drug-likeness (QED) is 0.852. The number of aliphatic hydroxyl groups excluding tert-OH is 1. The average molecular weight is 293 g/mol. The van der Waals surface area contributed by atoms with E-state index in [4.69, 9.17) is 4.74 Å². The number of nitrogens with zero attached hydrogens (tertiary/aromatic N) is 2. The molecule has 1 fully saturated rings. The first kappa shape index (κ1) is 16.4. The fourth-order valence-corrected chi connectivity index (χ4v) is 2.91. The molecule has 0 spiro atoms. The molecule has 1 saturated heterocycles. The van der Waals surface area contributed by atoms with Gasteiger partial charge in [-0.15, -0.1) is 0 Å². The topological polar surface area (TPSA) is 57.6 Å². The third-order valence-electron chi connectivity index (χ3n) is 4.70. The summed E-state index contributed by atoms with van der Waals surface area (Å²) in [4.78, 5) is 6.36. The van der Waals surface area contributed by atoms with E-state index in [2.05, 4.69) is 43.0 Å². The first-order valence-corrected chi connectivity index (χ1v) is 7.55. The number of likely N-dealkylation sites (N-methyl/N-ethyl adjacent to an activating group) is 1. The molecule has 1 aliphatic heterocycles. The van der Waals surface area contributed by atoms with Gasteiger partial charge in [0.2, 0.25) is 0 Å². The molecular formula is C16H27N3O2. The minimum Gasteiger partial charge on any atom is -0.394 e. The van der Waals surface area contributed by atoms with Gasteiger partial charge in [0, 0.05) is 31.0 Å². The maximum absolute atomic E-state index is 9.90. The molecular weight excluding hydrogens is 266 g/mol.